The van der Waals surface area contributed by atoms with Crippen LogP contribution >= 0.6 is 0 Å². The van der Waals surface area contributed by atoms with Gasteiger partial charge in [0.15, 0.2) is 0 Å². The van der Waals surface area contributed by atoms with Crippen molar-refractivity contribution >= 4 is 11.4 Å². The van der Waals surface area contributed by atoms with Crippen LogP contribution in [-0.4, -0.2) is 51.3 Å². The molecular formula is C15H25N3O. The Morgan fingerprint density at radius 1 is 1.21 bits per heavy atom. The zero-order chi connectivity index (χ0) is 13.7. The van der Waals surface area contributed by atoms with Gasteiger partial charge in [0.05, 0.1) is 11.4 Å². The molecule has 0 atom stereocenters. The summed E-state index contributed by atoms with van der Waals surface area (Å²) in [6.45, 7) is 8.45. The quantitative estimate of drug-likeness (QED) is 0.649. The summed E-state index contributed by atoms with van der Waals surface area (Å²) in [5.41, 5.74) is 9.50. The molecule has 1 aliphatic heterocycles. The van der Waals surface area contributed by atoms with Gasteiger partial charge < -0.3 is 15.4 Å². The van der Waals surface area contributed by atoms with Gasteiger partial charge in [-0.15, -0.1) is 0 Å². The van der Waals surface area contributed by atoms with E-state index in [1.54, 1.807) is 7.11 Å². The Morgan fingerprint density at radius 3 is 2.58 bits per heavy atom. The maximum Gasteiger partial charge on any atom is 0.0630 e. The highest BCUT2D eigenvalue weighted by molar-refractivity contribution is 5.71. The number of methoxy groups -OCH3 is 1. The second-order valence-corrected chi connectivity index (χ2v) is 5.19. The van der Waals surface area contributed by atoms with Gasteiger partial charge in [-0.25, -0.2) is 0 Å². The molecule has 2 rings (SSSR count). The number of benzene rings is 1. The Kier molecular flexibility index (Phi) is 5.05. The highest BCUT2D eigenvalue weighted by Crippen LogP contribution is 2.28. The first-order chi connectivity index (χ1) is 9.22. The summed E-state index contributed by atoms with van der Waals surface area (Å²) in [5, 5.41) is 0. The molecule has 106 valence electrons. The number of rotatable bonds is 5. The first-order valence-electron chi connectivity index (χ1n) is 7.03. The number of para-hydroxylation sites is 1. The van der Waals surface area contributed by atoms with Gasteiger partial charge in [0.1, 0.15) is 0 Å². The number of nitrogens with zero attached hydrogens (tertiary/aromatic N) is 2. The van der Waals surface area contributed by atoms with Crippen LogP contribution in [0.5, 0.6) is 0 Å². The largest absolute Gasteiger partial charge is 0.397 e. The van der Waals surface area contributed by atoms with Crippen LogP contribution in [0.4, 0.5) is 11.4 Å². The van der Waals surface area contributed by atoms with E-state index in [-0.39, 0.29) is 0 Å². The smallest absolute Gasteiger partial charge is 0.0630 e. The number of aryl methyl sites for hydroxylation is 1. The van der Waals surface area contributed by atoms with Crippen LogP contribution in [0.3, 0.4) is 0 Å². The number of piperazine rings is 1. The highest BCUT2D eigenvalue weighted by Gasteiger charge is 2.19. The molecule has 1 aliphatic rings. The van der Waals surface area contributed by atoms with E-state index >= 15 is 0 Å². The number of hydrogen-bond acceptors (Lipinski definition) is 4. The molecule has 0 amide bonds. The topological polar surface area (TPSA) is 41.7 Å². The first kappa shape index (κ1) is 14.2. The van der Waals surface area contributed by atoms with Gasteiger partial charge >= 0.3 is 0 Å². The molecule has 0 spiro atoms. The lowest BCUT2D eigenvalue weighted by Crippen LogP contribution is -2.47. The van der Waals surface area contributed by atoms with Crippen LogP contribution in [-0.2, 0) is 4.74 Å². The molecule has 0 unspecified atom stereocenters. The standard InChI is InChI=1S/C15H25N3O/c1-13-5-3-6-14(16)15(13)18-10-8-17(9-11-18)7-4-12-19-2/h3,5-6H,4,7-12,16H2,1-2H3. The molecule has 0 aromatic heterocycles. The number of nitrogens with two attached hydrogens (primary N) is 1. The first-order valence-corrected chi connectivity index (χ1v) is 7.03. The fourth-order valence-corrected chi connectivity index (χ4v) is 2.74. The molecule has 0 radical (unpaired) electrons. The van der Waals surface area contributed by atoms with Gasteiger partial charge in [-0.05, 0) is 25.0 Å². The Balaban J connectivity index is 1.89. The highest BCUT2D eigenvalue weighted by atomic mass is 16.5. The van der Waals surface area contributed by atoms with Crippen LogP contribution in [0, 0.1) is 6.92 Å². The van der Waals surface area contributed by atoms with E-state index in [1.807, 2.05) is 12.1 Å². The third-order valence-corrected chi connectivity index (χ3v) is 3.78. The molecule has 0 bridgehead atoms. The van der Waals surface area contributed by atoms with Gasteiger partial charge in [0, 0.05) is 46.4 Å². The van der Waals surface area contributed by atoms with E-state index in [1.165, 1.54) is 11.3 Å². The fourth-order valence-electron chi connectivity index (χ4n) is 2.74. The number of anilines is 2. The number of ether oxygens (including phenoxy) is 1. The van der Waals surface area contributed by atoms with Crippen LogP contribution < -0.4 is 10.6 Å². The van der Waals surface area contributed by atoms with Crippen LogP contribution in [0.25, 0.3) is 0 Å². The molecule has 1 aromatic rings. The Bertz CT molecular complexity index is 380. The molecule has 1 saturated heterocycles. The van der Waals surface area contributed by atoms with E-state index in [4.69, 9.17) is 10.5 Å². The molecular weight excluding hydrogens is 238 g/mol. The minimum Gasteiger partial charge on any atom is -0.397 e. The van der Waals surface area contributed by atoms with Gasteiger partial charge in [0.2, 0.25) is 0 Å². The third kappa shape index (κ3) is 3.61. The van der Waals surface area contributed by atoms with Crippen molar-refractivity contribution in [1.29, 1.82) is 0 Å². The summed E-state index contributed by atoms with van der Waals surface area (Å²) in [6, 6.07) is 6.15. The van der Waals surface area contributed by atoms with Crippen LogP contribution in [0.15, 0.2) is 18.2 Å². The van der Waals surface area contributed by atoms with Crippen molar-refractivity contribution in [3.05, 3.63) is 23.8 Å². The van der Waals surface area contributed by atoms with Crippen molar-refractivity contribution in [3.8, 4) is 0 Å². The van der Waals surface area contributed by atoms with Gasteiger partial charge in [-0.1, -0.05) is 12.1 Å². The van der Waals surface area contributed by atoms with E-state index in [0.717, 1.165) is 51.4 Å². The van der Waals surface area contributed by atoms with Gasteiger partial charge in [-0.3, -0.25) is 4.90 Å². The average molecular weight is 263 g/mol. The van der Waals surface area contributed by atoms with E-state index in [2.05, 4.69) is 22.8 Å². The second kappa shape index (κ2) is 6.78. The summed E-state index contributed by atoms with van der Waals surface area (Å²) in [6.07, 6.45) is 1.11. The van der Waals surface area contributed by atoms with E-state index < -0.39 is 0 Å². The second-order valence-electron chi connectivity index (χ2n) is 5.19. The van der Waals surface area contributed by atoms with Crippen molar-refractivity contribution in [2.75, 3.05) is 57.1 Å². The Labute approximate surface area is 116 Å². The van der Waals surface area contributed by atoms with Gasteiger partial charge in [0.25, 0.3) is 0 Å². The maximum atomic E-state index is 6.11. The van der Waals surface area contributed by atoms with Crippen molar-refractivity contribution in [2.24, 2.45) is 0 Å². The van der Waals surface area contributed by atoms with Crippen molar-refractivity contribution in [1.82, 2.24) is 4.90 Å². The lowest BCUT2D eigenvalue weighted by atomic mass is 10.1. The van der Waals surface area contributed by atoms with Crippen molar-refractivity contribution in [3.63, 3.8) is 0 Å². The summed E-state index contributed by atoms with van der Waals surface area (Å²) in [5.74, 6) is 0. The summed E-state index contributed by atoms with van der Waals surface area (Å²) in [4.78, 5) is 4.92. The predicted octanol–water partition coefficient (Wildman–Crippen LogP) is 1.74. The maximum absolute atomic E-state index is 6.11. The molecule has 0 aliphatic carbocycles. The average Bonchev–Trinajstić information content (AvgIpc) is 2.40. The fraction of sp³-hybridized carbons (Fsp3) is 0.600. The summed E-state index contributed by atoms with van der Waals surface area (Å²) < 4.78 is 5.10. The zero-order valence-corrected chi connectivity index (χ0v) is 12.1. The summed E-state index contributed by atoms with van der Waals surface area (Å²) in [7, 11) is 1.76. The lowest BCUT2D eigenvalue weighted by molar-refractivity contribution is 0.169. The lowest BCUT2D eigenvalue weighted by Gasteiger charge is -2.37. The third-order valence-electron chi connectivity index (χ3n) is 3.78. The minimum atomic E-state index is 0.852. The predicted molar refractivity (Wildman–Crippen MR) is 80.7 cm³/mol. The number of nitrogen functional groups attached to an aromatic ring is 1. The zero-order valence-electron chi connectivity index (χ0n) is 12.1. The molecule has 0 saturated carbocycles. The molecule has 2 N–H and O–H groups in total. The van der Waals surface area contributed by atoms with Crippen molar-refractivity contribution < 1.29 is 4.74 Å². The Hall–Kier alpha value is -1.26. The molecule has 19 heavy (non-hydrogen) atoms. The molecule has 1 fully saturated rings. The summed E-state index contributed by atoms with van der Waals surface area (Å²) >= 11 is 0. The van der Waals surface area contributed by atoms with Gasteiger partial charge in [-0.2, -0.15) is 0 Å². The molecule has 4 heteroatoms. The molecule has 4 nitrogen and oxygen atoms in total. The molecule has 1 aromatic carbocycles. The number of hydrogen-bond donors (Lipinski definition) is 1. The van der Waals surface area contributed by atoms with Crippen molar-refractivity contribution in [2.45, 2.75) is 13.3 Å². The molecule has 1 heterocycles. The van der Waals surface area contributed by atoms with Crippen LogP contribution in [0.1, 0.15) is 12.0 Å². The Morgan fingerprint density at radius 2 is 1.95 bits per heavy atom. The minimum absolute atomic E-state index is 0.852. The SMILES string of the molecule is COCCCN1CCN(c2c(C)cccc2N)CC1. The van der Waals surface area contributed by atoms with Crippen LogP contribution in [0.2, 0.25) is 0 Å². The normalized spacial score (nSPS) is 16.8. The monoisotopic (exact) mass is 263 g/mol. The van der Waals surface area contributed by atoms with E-state index in [9.17, 15) is 0 Å². The van der Waals surface area contributed by atoms with E-state index in [0.29, 0.717) is 0 Å².